The largest absolute Gasteiger partial charge is 0.462 e. The van der Waals surface area contributed by atoms with E-state index >= 15 is 0 Å². The molecule has 0 spiro atoms. The quantitative estimate of drug-likeness (QED) is 0.618. The summed E-state index contributed by atoms with van der Waals surface area (Å²) in [5.41, 5.74) is 2.00. The number of carbonyl (C=O) groups excluding carboxylic acids is 1. The highest BCUT2D eigenvalue weighted by Crippen LogP contribution is 2.30. The van der Waals surface area contributed by atoms with Crippen LogP contribution in [-0.4, -0.2) is 17.6 Å². The second-order valence-corrected chi connectivity index (χ2v) is 6.11. The van der Waals surface area contributed by atoms with Gasteiger partial charge in [0.2, 0.25) is 0 Å². The normalized spacial score (nSPS) is 10.4. The van der Waals surface area contributed by atoms with Crippen molar-refractivity contribution in [1.29, 1.82) is 0 Å². The van der Waals surface area contributed by atoms with Gasteiger partial charge in [0, 0.05) is 5.75 Å². The van der Waals surface area contributed by atoms with Crippen molar-refractivity contribution in [3.05, 3.63) is 46.5 Å². The van der Waals surface area contributed by atoms with Crippen LogP contribution in [0.1, 0.15) is 27.9 Å². The first-order valence-electron chi connectivity index (χ1n) is 6.02. The van der Waals surface area contributed by atoms with Gasteiger partial charge in [0.25, 0.3) is 0 Å². The van der Waals surface area contributed by atoms with Gasteiger partial charge in [0.05, 0.1) is 12.3 Å². The fourth-order valence-electron chi connectivity index (χ4n) is 1.54. The molecule has 1 aromatic heterocycles. The summed E-state index contributed by atoms with van der Waals surface area (Å²) >= 11 is 3.05. The maximum atomic E-state index is 11.7. The molecule has 0 aliphatic rings. The molecule has 2 aromatic rings. The standard InChI is InChI=1S/C14H15NO2S2/c1-3-17-13(16)12-10(2)15-14(19-12)18-9-11-7-5-4-6-8-11/h4-8H,3,9H2,1-2H3. The fraction of sp³-hybridized carbons (Fsp3) is 0.286. The smallest absolute Gasteiger partial charge is 0.350 e. The van der Waals surface area contributed by atoms with Crippen LogP contribution in [0.3, 0.4) is 0 Å². The number of carbonyl (C=O) groups is 1. The third-order valence-electron chi connectivity index (χ3n) is 2.44. The highest BCUT2D eigenvalue weighted by Gasteiger charge is 2.16. The molecule has 0 N–H and O–H groups in total. The first-order valence-corrected chi connectivity index (χ1v) is 7.82. The second-order valence-electron chi connectivity index (χ2n) is 3.89. The summed E-state index contributed by atoms with van der Waals surface area (Å²) in [6, 6.07) is 10.2. The van der Waals surface area contributed by atoms with Gasteiger partial charge in [-0.1, -0.05) is 42.1 Å². The zero-order valence-electron chi connectivity index (χ0n) is 10.9. The topological polar surface area (TPSA) is 39.2 Å². The highest BCUT2D eigenvalue weighted by molar-refractivity contribution is 8.00. The van der Waals surface area contributed by atoms with Crippen molar-refractivity contribution in [3.63, 3.8) is 0 Å². The van der Waals surface area contributed by atoms with Crippen LogP contribution in [-0.2, 0) is 10.5 Å². The summed E-state index contributed by atoms with van der Waals surface area (Å²) in [5, 5.41) is 0. The van der Waals surface area contributed by atoms with Crippen molar-refractivity contribution in [2.24, 2.45) is 0 Å². The number of aromatic nitrogens is 1. The van der Waals surface area contributed by atoms with Gasteiger partial charge in [-0.05, 0) is 19.4 Å². The molecule has 19 heavy (non-hydrogen) atoms. The zero-order chi connectivity index (χ0) is 13.7. The van der Waals surface area contributed by atoms with Gasteiger partial charge in [0.15, 0.2) is 4.34 Å². The maximum Gasteiger partial charge on any atom is 0.350 e. The summed E-state index contributed by atoms with van der Waals surface area (Å²) in [5.74, 6) is 0.583. The lowest BCUT2D eigenvalue weighted by Gasteiger charge is -1.98. The van der Waals surface area contributed by atoms with Crippen molar-refractivity contribution >= 4 is 29.1 Å². The number of thioether (sulfide) groups is 1. The van der Waals surface area contributed by atoms with Gasteiger partial charge in [-0.2, -0.15) is 0 Å². The SMILES string of the molecule is CCOC(=O)c1sc(SCc2ccccc2)nc1C. The Bertz CT molecular complexity index is 552. The Morgan fingerprint density at radius 1 is 1.37 bits per heavy atom. The van der Waals surface area contributed by atoms with Crippen molar-refractivity contribution in [2.75, 3.05) is 6.61 Å². The predicted molar refractivity (Wildman–Crippen MR) is 78.8 cm³/mol. The molecular formula is C14H15NO2S2. The lowest BCUT2D eigenvalue weighted by Crippen LogP contribution is -2.03. The van der Waals surface area contributed by atoms with Gasteiger partial charge in [-0.25, -0.2) is 9.78 Å². The van der Waals surface area contributed by atoms with E-state index in [4.69, 9.17) is 4.74 Å². The Labute approximate surface area is 121 Å². The third kappa shape index (κ3) is 3.81. The number of ether oxygens (including phenoxy) is 1. The minimum Gasteiger partial charge on any atom is -0.462 e. The first kappa shape index (κ1) is 14.1. The van der Waals surface area contributed by atoms with E-state index in [1.54, 1.807) is 18.7 Å². The average molecular weight is 293 g/mol. The molecule has 0 amide bonds. The van der Waals surface area contributed by atoms with E-state index in [0.29, 0.717) is 11.5 Å². The number of hydrogen-bond acceptors (Lipinski definition) is 5. The van der Waals surface area contributed by atoms with Gasteiger partial charge in [0.1, 0.15) is 4.88 Å². The number of rotatable bonds is 5. The molecular weight excluding hydrogens is 278 g/mol. The molecule has 0 aliphatic carbocycles. The molecule has 0 atom stereocenters. The summed E-state index contributed by atoms with van der Waals surface area (Å²) in [6.45, 7) is 4.04. The molecule has 0 aliphatic heterocycles. The van der Waals surface area contributed by atoms with E-state index in [1.165, 1.54) is 16.9 Å². The van der Waals surface area contributed by atoms with Crippen molar-refractivity contribution in [2.45, 2.75) is 23.9 Å². The third-order valence-corrected chi connectivity index (χ3v) is 4.79. The summed E-state index contributed by atoms with van der Waals surface area (Å²) in [6.07, 6.45) is 0. The fourth-order valence-corrected chi connectivity index (χ4v) is 3.58. The number of nitrogens with zero attached hydrogens (tertiary/aromatic N) is 1. The molecule has 1 aromatic carbocycles. The molecule has 2 rings (SSSR count). The molecule has 0 fully saturated rings. The lowest BCUT2D eigenvalue weighted by atomic mass is 10.2. The van der Waals surface area contributed by atoms with Gasteiger partial charge >= 0.3 is 5.97 Å². The van der Waals surface area contributed by atoms with Crippen LogP contribution in [0.25, 0.3) is 0 Å². The monoisotopic (exact) mass is 293 g/mol. The summed E-state index contributed by atoms with van der Waals surface area (Å²) in [7, 11) is 0. The molecule has 0 unspecified atom stereocenters. The number of thiazole rings is 1. The first-order chi connectivity index (χ1) is 9.20. The molecule has 0 saturated carbocycles. The molecule has 0 radical (unpaired) electrons. The summed E-state index contributed by atoms with van der Waals surface area (Å²) in [4.78, 5) is 16.7. The van der Waals surface area contributed by atoms with E-state index in [9.17, 15) is 4.79 Å². The van der Waals surface area contributed by atoms with Crippen molar-refractivity contribution < 1.29 is 9.53 Å². The van der Waals surface area contributed by atoms with Gasteiger partial charge < -0.3 is 4.74 Å². The van der Waals surface area contributed by atoms with E-state index in [2.05, 4.69) is 17.1 Å². The number of benzene rings is 1. The van der Waals surface area contributed by atoms with E-state index in [-0.39, 0.29) is 5.97 Å². The van der Waals surface area contributed by atoms with Crippen LogP contribution < -0.4 is 0 Å². The molecule has 3 nitrogen and oxygen atoms in total. The molecule has 0 bridgehead atoms. The second kappa shape index (κ2) is 6.73. The van der Waals surface area contributed by atoms with Crippen LogP contribution in [0.2, 0.25) is 0 Å². The zero-order valence-corrected chi connectivity index (χ0v) is 12.5. The van der Waals surface area contributed by atoms with E-state index < -0.39 is 0 Å². The van der Waals surface area contributed by atoms with Gasteiger partial charge in [-0.15, -0.1) is 11.3 Å². The maximum absolute atomic E-state index is 11.7. The molecule has 100 valence electrons. The van der Waals surface area contributed by atoms with E-state index in [0.717, 1.165) is 15.8 Å². The van der Waals surface area contributed by atoms with Gasteiger partial charge in [-0.3, -0.25) is 0 Å². The van der Waals surface area contributed by atoms with Crippen LogP contribution in [0, 0.1) is 6.92 Å². The van der Waals surface area contributed by atoms with Crippen molar-refractivity contribution in [3.8, 4) is 0 Å². The minimum atomic E-state index is -0.274. The van der Waals surface area contributed by atoms with Crippen LogP contribution in [0.5, 0.6) is 0 Å². The van der Waals surface area contributed by atoms with Crippen molar-refractivity contribution in [1.82, 2.24) is 4.98 Å². The Hall–Kier alpha value is -1.33. The molecule has 5 heteroatoms. The number of esters is 1. The minimum absolute atomic E-state index is 0.274. The number of aryl methyl sites for hydroxylation is 1. The highest BCUT2D eigenvalue weighted by atomic mass is 32.2. The van der Waals surface area contributed by atoms with Crippen LogP contribution in [0.15, 0.2) is 34.7 Å². The molecule has 0 saturated heterocycles. The Morgan fingerprint density at radius 3 is 2.79 bits per heavy atom. The Balaban J connectivity index is 2.02. The Morgan fingerprint density at radius 2 is 2.11 bits per heavy atom. The summed E-state index contributed by atoms with van der Waals surface area (Å²) < 4.78 is 5.91. The average Bonchev–Trinajstić information content (AvgIpc) is 2.79. The predicted octanol–water partition coefficient (Wildman–Crippen LogP) is 3.92. The lowest BCUT2D eigenvalue weighted by molar-refractivity contribution is 0.0531. The van der Waals surface area contributed by atoms with Crippen LogP contribution >= 0.6 is 23.1 Å². The van der Waals surface area contributed by atoms with E-state index in [1.807, 2.05) is 25.1 Å². The molecule has 1 heterocycles. The Kier molecular flexibility index (Phi) is 4.99. The number of hydrogen-bond donors (Lipinski definition) is 0. The van der Waals surface area contributed by atoms with Crippen LogP contribution in [0.4, 0.5) is 0 Å².